The number of hydrogen-bond donors (Lipinski definition) is 2. The maximum Gasteiger partial charge on any atom is 0.239 e. The van der Waals surface area contributed by atoms with Crippen molar-refractivity contribution in [2.75, 3.05) is 43.4 Å². The molecule has 0 saturated carbocycles. The number of carbonyl (C=O) groups excluding carboxylic acids is 1. The molecule has 8 nitrogen and oxygen atoms in total. The van der Waals surface area contributed by atoms with Gasteiger partial charge in [-0.1, -0.05) is 47.6 Å². The molecule has 1 saturated heterocycles. The van der Waals surface area contributed by atoms with E-state index < -0.39 is 0 Å². The lowest BCUT2D eigenvalue weighted by Gasteiger charge is -2.33. The molecule has 1 aliphatic rings. The van der Waals surface area contributed by atoms with Crippen LogP contribution in [0.15, 0.2) is 24.3 Å². The SMILES string of the molecule is Cc1ccc(-c2nc3sc(N(C)CC(=O)NCCCN4CCCC[C@@H]4C)nn3c2NC(C)(C)C)cc1. The number of likely N-dealkylation sites (N-methyl/N-ethyl adjacent to an activating group) is 1. The van der Waals surface area contributed by atoms with E-state index in [1.165, 1.54) is 42.7 Å². The van der Waals surface area contributed by atoms with E-state index >= 15 is 0 Å². The zero-order valence-electron chi connectivity index (χ0n) is 22.6. The maximum absolute atomic E-state index is 12.6. The van der Waals surface area contributed by atoms with Gasteiger partial charge in [0, 0.05) is 37.3 Å². The van der Waals surface area contributed by atoms with Crippen molar-refractivity contribution in [3.63, 3.8) is 0 Å². The van der Waals surface area contributed by atoms with Gasteiger partial charge < -0.3 is 20.4 Å². The smallest absolute Gasteiger partial charge is 0.239 e. The van der Waals surface area contributed by atoms with E-state index in [0.717, 1.165) is 40.1 Å². The maximum atomic E-state index is 12.6. The average Bonchev–Trinajstić information content (AvgIpc) is 3.37. The van der Waals surface area contributed by atoms with Gasteiger partial charge in [0.1, 0.15) is 5.69 Å². The zero-order valence-corrected chi connectivity index (χ0v) is 23.4. The monoisotopic (exact) mass is 511 g/mol. The van der Waals surface area contributed by atoms with Gasteiger partial charge in [0.05, 0.1) is 6.54 Å². The van der Waals surface area contributed by atoms with Gasteiger partial charge in [0.25, 0.3) is 0 Å². The van der Waals surface area contributed by atoms with Gasteiger partial charge in [-0.25, -0.2) is 4.98 Å². The quantitative estimate of drug-likeness (QED) is 0.402. The highest BCUT2D eigenvalue weighted by atomic mass is 32.1. The van der Waals surface area contributed by atoms with Gasteiger partial charge in [0.15, 0.2) is 5.82 Å². The molecule has 1 amide bonds. The largest absolute Gasteiger partial charge is 0.364 e. The molecule has 3 heterocycles. The van der Waals surface area contributed by atoms with Crippen LogP contribution in [0.5, 0.6) is 0 Å². The number of aromatic nitrogens is 3. The number of anilines is 2. The number of piperidine rings is 1. The molecule has 1 aromatic carbocycles. The lowest BCUT2D eigenvalue weighted by atomic mass is 10.0. The Labute approximate surface area is 219 Å². The summed E-state index contributed by atoms with van der Waals surface area (Å²) < 4.78 is 1.87. The normalized spacial score (nSPS) is 16.9. The summed E-state index contributed by atoms with van der Waals surface area (Å²) in [6.45, 7) is 14.0. The van der Waals surface area contributed by atoms with E-state index in [1.807, 2.05) is 16.5 Å². The van der Waals surface area contributed by atoms with E-state index in [9.17, 15) is 4.79 Å². The fourth-order valence-corrected chi connectivity index (χ4v) is 5.47. The number of aryl methyl sites for hydroxylation is 1. The third-order valence-corrected chi connectivity index (χ3v) is 7.63. The van der Waals surface area contributed by atoms with Crippen molar-refractivity contribution in [1.29, 1.82) is 0 Å². The molecule has 0 unspecified atom stereocenters. The number of imidazole rings is 1. The van der Waals surface area contributed by atoms with Gasteiger partial charge >= 0.3 is 0 Å². The van der Waals surface area contributed by atoms with Crippen LogP contribution >= 0.6 is 11.3 Å². The van der Waals surface area contributed by atoms with Crippen molar-refractivity contribution in [3.05, 3.63) is 29.8 Å². The number of likely N-dealkylation sites (tertiary alicyclic amines) is 1. The Hall–Kier alpha value is -2.65. The van der Waals surface area contributed by atoms with E-state index in [0.29, 0.717) is 12.6 Å². The molecule has 196 valence electrons. The summed E-state index contributed by atoms with van der Waals surface area (Å²) in [6, 6.07) is 9.05. The van der Waals surface area contributed by atoms with Gasteiger partial charge in [-0.15, -0.1) is 5.10 Å². The second kappa shape index (κ2) is 11.2. The molecule has 0 bridgehead atoms. The fraction of sp³-hybridized carbons (Fsp3) is 0.593. The summed E-state index contributed by atoms with van der Waals surface area (Å²) in [7, 11) is 1.91. The Balaban J connectivity index is 1.40. The van der Waals surface area contributed by atoms with Gasteiger partial charge in [-0.3, -0.25) is 4.79 Å². The number of fused-ring (bicyclic) bond motifs is 1. The minimum atomic E-state index is -0.156. The van der Waals surface area contributed by atoms with Gasteiger partial charge in [-0.05, 0) is 60.4 Å². The molecular formula is C27H41N7OS. The Kier molecular flexibility index (Phi) is 8.20. The third kappa shape index (κ3) is 6.56. The second-order valence-corrected chi connectivity index (χ2v) is 12.0. The van der Waals surface area contributed by atoms with Crippen LogP contribution in [0.3, 0.4) is 0 Å². The summed E-state index contributed by atoms with van der Waals surface area (Å²) in [4.78, 5) is 22.7. The third-order valence-electron chi connectivity index (χ3n) is 6.60. The predicted molar refractivity (Wildman–Crippen MR) is 150 cm³/mol. The fourth-order valence-electron chi connectivity index (χ4n) is 4.61. The summed E-state index contributed by atoms with van der Waals surface area (Å²) in [6.07, 6.45) is 4.89. The summed E-state index contributed by atoms with van der Waals surface area (Å²) in [5.41, 5.74) is 3.00. The molecule has 0 spiro atoms. The Morgan fingerprint density at radius 2 is 1.97 bits per heavy atom. The molecule has 36 heavy (non-hydrogen) atoms. The van der Waals surface area contributed by atoms with Crippen LogP contribution in [0.1, 0.15) is 58.9 Å². The first kappa shape index (κ1) is 26.4. The van der Waals surface area contributed by atoms with E-state index in [2.05, 4.69) is 74.4 Å². The van der Waals surface area contributed by atoms with Crippen LogP contribution in [0.25, 0.3) is 16.2 Å². The van der Waals surface area contributed by atoms with Crippen LogP contribution in [0.2, 0.25) is 0 Å². The molecule has 2 N–H and O–H groups in total. The topological polar surface area (TPSA) is 77.8 Å². The first-order valence-corrected chi connectivity index (χ1v) is 13.9. The van der Waals surface area contributed by atoms with Crippen molar-refractivity contribution < 1.29 is 4.79 Å². The molecule has 0 aliphatic carbocycles. The lowest BCUT2D eigenvalue weighted by molar-refractivity contribution is -0.119. The highest BCUT2D eigenvalue weighted by Gasteiger charge is 2.23. The van der Waals surface area contributed by atoms with Crippen LogP contribution in [-0.4, -0.2) is 70.2 Å². The summed E-state index contributed by atoms with van der Waals surface area (Å²) in [5.74, 6) is 0.888. The van der Waals surface area contributed by atoms with E-state index in [4.69, 9.17) is 10.1 Å². The minimum Gasteiger partial charge on any atom is -0.364 e. The second-order valence-electron chi connectivity index (χ2n) is 11.1. The highest BCUT2D eigenvalue weighted by molar-refractivity contribution is 7.20. The highest BCUT2D eigenvalue weighted by Crippen LogP contribution is 2.34. The number of hydrogen-bond acceptors (Lipinski definition) is 7. The van der Waals surface area contributed by atoms with Crippen molar-refractivity contribution >= 4 is 33.2 Å². The predicted octanol–water partition coefficient (Wildman–Crippen LogP) is 4.79. The van der Waals surface area contributed by atoms with Crippen LogP contribution < -0.4 is 15.5 Å². The Morgan fingerprint density at radius 3 is 2.67 bits per heavy atom. The van der Waals surface area contributed by atoms with Crippen molar-refractivity contribution in [1.82, 2.24) is 24.8 Å². The number of carbonyl (C=O) groups is 1. The molecule has 1 aliphatic heterocycles. The molecule has 1 fully saturated rings. The van der Waals surface area contributed by atoms with Gasteiger partial charge in [0.2, 0.25) is 16.0 Å². The number of amides is 1. The first-order chi connectivity index (χ1) is 17.1. The molecule has 9 heteroatoms. The number of benzene rings is 1. The molecule has 1 atom stereocenters. The Morgan fingerprint density at radius 1 is 1.22 bits per heavy atom. The first-order valence-electron chi connectivity index (χ1n) is 13.1. The number of nitrogens with one attached hydrogen (secondary N) is 2. The number of nitrogens with zero attached hydrogens (tertiary/aromatic N) is 5. The van der Waals surface area contributed by atoms with Crippen LogP contribution in [0.4, 0.5) is 10.9 Å². The molecule has 3 aromatic rings. The zero-order chi connectivity index (χ0) is 25.9. The standard InChI is InChI=1S/C27H41N7OS/c1-19-11-13-21(14-12-19)23-24(30-27(3,4)5)34-25(29-23)36-26(31-34)32(6)18-22(35)28-15-9-17-33-16-8-7-10-20(33)2/h11-14,20,30H,7-10,15-18H2,1-6H3,(H,28,35)/t20-/m0/s1. The minimum absolute atomic E-state index is 0.0189. The number of rotatable bonds is 9. The van der Waals surface area contributed by atoms with Crippen molar-refractivity contribution in [3.8, 4) is 11.3 Å². The van der Waals surface area contributed by atoms with Crippen molar-refractivity contribution in [2.45, 2.75) is 71.9 Å². The summed E-state index contributed by atoms with van der Waals surface area (Å²) in [5, 5.41) is 12.3. The van der Waals surface area contributed by atoms with Gasteiger partial charge in [-0.2, -0.15) is 4.52 Å². The summed E-state index contributed by atoms with van der Waals surface area (Å²) >= 11 is 1.49. The average molecular weight is 512 g/mol. The molecule has 0 radical (unpaired) electrons. The van der Waals surface area contributed by atoms with E-state index in [-0.39, 0.29) is 18.0 Å². The molecular weight excluding hydrogens is 470 g/mol. The molecule has 2 aromatic heterocycles. The van der Waals surface area contributed by atoms with Crippen LogP contribution in [-0.2, 0) is 4.79 Å². The van der Waals surface area contributed by atoms with E-state index in [1.54, 1.807) is 0 Å². The lowest BCUT2D eigenvalue weighted by Crippen LogP contribution is -2.40. The molecule has 4 rings (SSSR count). The Bertz CT molecular complexity index is 1160. The van der Waals surface area contributed by atoms with Crippen LogP contribution in [0, 0.1) is 6.92 Å². The van der Waals surface area contributed by atoms with Crippen molar-refractivity contribution in [2.24, 2.45) is 0 Å².